The zero-order valence-corrected chi connectivity index (χ0v) is 14.0. The van der Waals surface area contributed by atoms with Crippen molar-refractivity contribution in [1.82, 2.24) is 5.43 Å². The first-order valence-corrected chi connectivity index (χ1v) is 7.82. The van der Waals surface area contributed by atoms with E-state index < -0.39 is 29.7 Å². The lowest BCUT2D eigenvalue weighted by molar-refractivity contribution is -0.136. The Balaban J connectivity index is 2.00. The van der Waals surface area contributed by atoms with Crippen molar-refractivity contribution in [3.8, 4) is 0 Å². The summed E-state index contributed by atoms with van der Waals surface area (Å²) in [5, 5.41) is 3.85. The summed E-state index contributed by atoms with van der Waals surface area (Å²) in [6, 6.07) is 2.99. The van der Waals surface area contributed by atoms with Crippen molar-refractivity contribution in [3.05, 3.63) is 28.8 Å². The lowest BCUT2D eigenvalue weighted by Gasteiger charge is -2.21. The summed E-state index contributed by atoms with van der Waals surface area (Å²) in [7, 11) is 0. The van der Waals surface area contributed by atoms with E-state index in [1.165, 1.54) is 4.90 Å². The van der Waals surface area contributed by atoms with E-state index in [2.05, 4.69) is 10.5 Å². The van der Waals surface area contributed by atoms with Crippen LogP contribution in [0.1, 0.15) is 23.6 Å². The molecule has 1 aromatic carbocycles. The normalized spacial score (nSPS) is 22.3. The third-order valence-corrected chi connectivity index (χ3v) is 4.27. The molecule has 1 fully saturated rings. The second kappa shape index (κ2) is 5.74. The number of hydrogen-bond acceptors (Lipinski definition) is 6. The zero-order chi connectivity index (χ0) is 17.6. The summed E-state index contributed by atoms with van der Waals surface area (Å²) < 4.78 is 4.93. The van der Waals surface area contributed by atoms with E-state index in [0.717, 1.165) is 16.7 Å². The molecule has 2 aliphatic rings. The van der Waals surface area contributed by atoms with E-state index in [1.807, 2.05) is 32.9 Å². The van der Waals surface area contributed by atoms with Gasteiger partial charge in [0.1, 0.15) is 12.0 Å². The summed E-state index contributed by atoms with van der Waals surface area (Å²) in [5.41, 5.74) is 5.88. The molecule has 0 spiro atoms. The molecule has 3 rings (SSSR count). The number of hydrazone groups is 1. The van der Waals surface area contributed by atoms with Gasteiger partial charge in [-0.1, -0.05) is 17.7 Å². The van der Waals surface area contributed by atoms with Crippen molar-refractivity contribution < 1.29 is 19.1 Å². The van der Waals surface area contributed by atoms with Gasteiger partial charge in [-0.15, -0.1) is 0 Å². The number of nitrogens with one attached hydrogen (secondary N) is 1. The number of imide groups is 1. The van der Waals surface area contributed by atoms with Gasteiger partial charge in [0.15, 0.2) is 5.71 Å². The van der Waals surface area contributed by atoms with Gasteiger partial charge in [-0.05, 0) is 38.8 Å². The van der Waals surface area contributed by atoms with Crippen molar-refractivity contribution >= 4 is 29.2 Å². The molecule has 0 radical (unpaired) electrons. The molecule has 2 heterocycles. The first-order valence-electron chi connectivity index (χ1n) is 7.82. The minimum absolute atomic E-state index is 0.0369. The SMILES string of the molecule is CCOC(=O)C1=NN[C@@H]2C(=O)N(c3c(C)cc(C)cc3C)C(=O)[C@@H]12. The number of nitrogens with zero attached hydrogens (tertiary/aromatic N) is 2. The van der Waals surface area contributed by atoms with Crippen LogP contribution in [0.3, 0.4) is 0 Å². The highest BCUT2D eigenvalue weighted by Crippen LogP contribution is 2.35. The second-order valence-corrected chi connectivity index (χ2v) is 6.06. The number of carbonyl (C=O) groups excluding carboxylic acids is 3. The number of fused-ring (bicyclic) bond motifs is 1. The maximum absolute atomic E-state index is 12.9. The van der Waals surface area contributed by atoms with Crippen molar-refractivity contribution in [2.75, 3.05) is 11.5 Å². The van der Waals surface area contributed by atoms with E-state index in [4.69, 9.17) is 4.74 Å². The van der Waals surface area contributed by atoms with Gasteiger partial charge in [-0.2, -0.15) is 5.10 Å². The number of hydrogen-bond donors (Lipinski definition) is 1. The Morgan fingerprint density at radius 2 is 1.83 bits per heavy atom. The highest BCUT2D eigenvalue weighted by Gasteiger charge is 2.56. The Bertz CT molecular complexity index is 761. The lowest BCUT2D eigenvalue weighted by atomic mass is 9.99. The van der Waals surface area contributed by atoms with Gasteiger partial charge >= 0.3 is 5.97 Å². The molecular weight excluding hydrogens is 310 g/mol. The number of rotatable bonds is 3. The number of amides is 2. The number of ether oxygens (including phenoxy) is 1. The Hall–Kier alpha value is -2.70. The summed E-state index contributed by atoms with van der Waals surface area (Å²) in [4.78, 5) is 38.8. The van der Waals surface area contributed by atoms with Crippen molar-refractivity contribution in [2.45, 2.75) is 33.7 Å². The van der Waals surface area contributed by atoms with Crippen molar-refractivity contribution in [3.63, 3.8) is 0 Å². The van der Waals surface area contributed by atoms with Crippen LogP contribution < -0.4 is 10.3 Å². The van der Waals surface area contributed by atoms with Crippen LogP contribution in [0.15, 0.2) is 17.2 Å². The van der Waals surface area contributed by atoms with Gasteiger partial charge in [0, 0.05) is 0 Å². The predicted molar refractivity (Wildman–Crippen MR) is 87.6 cm³/mol. The Morgan fingerprint density at radius 1 is 1.21 bits per heavy atom. The van der Waals surface area contributed by atoms with Crippen LogP contribution in [0, 0.1) is 26.7 Å². The Labute approximate surface area is 139 Å². The van der Waals surface area contributed by atoms with Crippen LogP contribution in [0.5, 0.6) is 0 Å². The topological polar surface area (TPSA) is 88.1 Å². The monoisotopic (exact) mass is 329 g/mol. The molecule has 1 saturated heterocycles. The molecule has 2 atom stereocenters. The summed E-state index contributed by atoms with van der Waals surface area (Å²) in [6.45, 7) is 7.53. The Morgan fingerprint density at radius 3 is 2.42 bits per heavy atom. The molecule has 0 aliphatic carbocycles. The molecule has 1 N–H and O–H groups in total. The number of anilines is 1. The molecule has 2 aliphatic heterocycles. The summed E-state index contributed by atoms with van der Waals surface area (Å²) in [6.07, 6.45) is 0. The minimum Gasteiger partial charge on any atom is -0.461 e. The van der Waals surface area contributed by atoms with Crippen LogP contribution in [-0.4, -0.2) is 36.1 Å². The van der Waals surface area contributed by atoms with E-state index in [-0.39, 0.29) is 12.3 Å². The van der Waals surface area contributed by atoms with Crippen LogP contribution in [0.25, 0.3) is 0 Å². The highest BCUT2D eigenvalue weighted by atomic mass is 16.5. The Kier molecular flexibility index (Phi) is 3.87. The summed E-state index contributed by atoms with van der Waals surface area (Å²) in [5.74, 6) is -2.45. The fourth-order valence-electron chi connectivity index (χ4n) is 3.41. The van der Waals surface area contributed by atoms with Crippen LogP contribution in [0.4, 0.5) is 5.69 Å². The maximum atomic E-state index is 12.9. The van der Waals surface area contributed by atoms with E-state index >= 15 is 0 Å². The average molecular weight is 329 g/mol. The van der Waals surface area contributed by atoms with Gasteiger partial charge in [-0.25, -0.2) is 9.69 Å². The first kappa shape index (κ1) is 16.2. The molecule has 126 valence electrons. The molecular formula is C17H19N3O4. The lowest BCUT2D eigenvalue weighted by Crippen LogP contribution is -2.37. The number of aryl methyl sites for hydroxylation is 3. The molecule has 2 amide bonds. The minimum atomic E-state index is -0.934. The van der Waals surface area contributed by atoms with Crippen LogP contribution in [0.2, 0.25) is 0 Å². The molecule has 0 bridgehead atoms. The summed E-state index contributed by atoms with van der Waals surface area (Å²) >= 11 is 0. The third-order valence-electron chi connectivity index (χ3n) is 4.27. The highest BCUT2D eigenvalue weighted by molar-refractivity contribution is 6.46. The molecule has 0 aromatic heterocycles. The molecule has 24 heavy (non-hydrogen) atoms. The van der Waals surface area contributed by atoms with E-state index in [1.54, 1.807) is 6.92 Å². The number of carbonyl (C=O) groups is 3. The van der Waals surface area contributed by atoms with E-state index in [0.29, 0.717) is 5.69 Å². The van der Waals surface area contributed by atoms with Gasteiger partial charge in [0.2, 0.25) is 5.91 Å². The molecule has 0 saturated carbocycles. The van der Waals surface area contributed by atoms with Gasteiger partial charge in [0.05, 0.1) is 12.3 Å². The molecule has 7 nitrogen and oxygen atoms in total. The number of benzene rings is 1. The van der Waals surface area contributed by atoms with Gasteiger partial charge < -0.3 is 4.74 Å². The van der Waals surface area contributed by atoms with Gasteiger partial charge in [0.25, 0.3) is 5.91 Å². The number of esters is 1. The average Bonchev–Trinajstić information content (AvgIpc) is 3.02. The zero-order valence-electron chi connectivity index (χ0n) is 14.0. The molecule has 7 heteroatoms. The van der Waals surface area contributed by atoms with Crippen LogP contribution >= 0.6 is 0 Å². The predicted octanol–water partition coefficient (Wildman–Crippen LogP) is 0.992. The maximum Gasteiger partial charge on any atom is 0.355 e. The standard InChI is InChI=1S/C17H19N3O4/c1-5-24-17(23)13-11-12(18-19-13)16(22)20(15(11)21)14-9(3)6-8(2)7-10(14)4/h6-7,11-12,18H,5H2,1-4H3/t11-,12+/m1/s1. The van der Waals surface area contributed by atoms with Crippen molar-refractivity contribution in [2.24, 2.45) is 11.0 Å². The largest absolute Gasteiger partial charge is 0.461 e. The first-order chi connectivity index (χ1) is 11.4. The van der Waals surface area contributed by atoms with E-state index in [9.17, 15) is 14.4 Å². The fraction of sp³-hybridized carbons (Fsp3) is 0.412. The molecule has 0 unspecified atom stereocenters. The third kappa shape index (κ3) is 2.28. The van der Waals surface area contributed by atoms with Gasteiger partial charge in [-0.3, -0.25) is 15.0 Å². The fourth-order valence-corrected chi connectivity index (χ4v) is 3.41. The van der Waals surface area contributed by atoms with Crippen LogP contribution in [-0.2, 0) is 19.1 Å². The molecule has 1 aromatic rings. The quantitative estimate of drug-likeness (QED) is 0.660. The smallest absolute Gasteiger partial charge is 0.355 e. The van der Waals surface area contributed by atoms with Crippen molar-refractivity contribution in [1.29, 1.82) is 0 Å². The second-order valence-electron chi connectivity index (χ2n) is 6.06.